The monoisotopic (exact) mass is 282 g/mol. The minimum Gasteiger partial charge on any atom is -0.325 e. The molecule has 5 nitrogen and oxygen atoms in total. The number of amides is 1. The number of aryl methyl sites for hydroxylation is 1. The van der Waals surface area contributed by atoms with Crippen LogP contribution in [0.4, 0.5) is 11.4 Å². The van der Waals surface area contributed by atoms with Crippen LogP contribution in [-0.4, -0.2) is 21.3 Å². The molecule has 0 unspecified atom stereocenters. The highest BCUT2D eigenvalue weighted by Gasteiger charge is 2.15. The van der Waals surface area contributed by atoms with Gasteiger partial charge in [0.05, 0.1) is 16.4 Å². The Kier molecular flexibility index (Phi) is 4.94. The molecule has 0 radical (unpaired) electrons. The summed E-state index contributed by atoms with van der Waals surface area (Å²) in [6.07, 6.45) is 0. The van der Waals surface area contributed by atoms with E-state index >= 15 is 0 Å². The highest BCUT2D eigenvalue weighted by Crippen LogP contribution is 2.25. The van der Waals surface area contributed by atoms with Crippen molar-refractivity contribution in [2.45, 2.75) is 32.4 Å². The topological polar surface area (TPSA) is 72.2 Å². The number of nitrogens with one attached hydrogen (secondary N) is 1. The number of hydrogen-bond donors (Lipinski definition) is 1. The summed E-state index contributed by atoms with van der Waals surface area (Å²) in [5.41, 5.74) is 1.28. The van der Waals surface area contributed by atoms with Gasteiger partial charge in [0, 0.05) is 16.9 Å². The average Bonchev–Trinajstić information content (AvgIpc) is 2.28. The number of rotatable bonds is 4. The molecule has 0 spiro atoms. The molecule has 0 aliphatic carbocycles. The maximum absolute atomic E-state index is 11.8. The van der Waals surface area contributed by atoms with Gasteiger partial charge in [0.15, 0.2) is 0 Å². The fraction of sp³-hybridized carbons (Fsp3) is 0.462. The predicted octanol–water partition coefficient (Wildman–Crippen LogP) is 3.37. The van der Waals surface area contributed by atoms with Gasteiger partial charge < -0.3 is 5.32 Å². The van der Waals surface area contributed by atoms with E-state index in [9.17, 15) is 14.9 Å². The van der Waals surface area contributed by atoms with Gasteiger partial charge in [-0.05, 0) is 12.5 Å². The van der Waals surface area contributed by atoms with E-state index in [-0.39, 0.29) is 16.3 Å². The van der Waals surface area contributed by atoms with Crippen molar-refractivity contribution in [2.75, 3.05) is 11.1 Å². The molecule has 0 aliphatic heterocycles. The van der Waals surface area contributed by atoms with E-state index in [2.05, 4.69) is 5.32 Å². The highest BCUT2D eigenvalue weighted by atomic mass is 32.2. The second-order valence-electron chi connectivity index (χ2n) is 5.21. The number of anilines is 1. The third-order valence-electron chi connectivity index (χ3n) is 2.34. The number of nitro benzene ring substituents is 1. The number of thioether (sulfide) groups is 1. The lowest BCUT2D eigenvalue weighted by Gasteiger charge is -2.17. The number of carbonyl (C=O) groups excluding carboxylic acids is 1. The maximum Gasteiger partial charge on any atom is 0.271 e. The van der Waals surface area contributed by atoms with Gasteiger partial charge in [-0.15, -0.1) is 11.8 Å². The molecule has 6 heteroatoms. The van der Waals surface area contributed by atoms with Gasteiger partial charge in [-0.1, -0.05) is 26.8 Å². The third-order valence-corrected chi connectivity index (χ3v) is 3.61. The van der Waals surface area contributed by atoms with Gasteiger partial charge in [-0.2, -0.15) is 0 Å². The summed E-state index contributed by atoms with van der Waals surface area (Å²) >= 11 is 1.53. The highest BCUT2D eigenvalue weighted by molar-refractivity contribution is 8.01. The van der Waals surface area contributed by atoms with Crippen LogP contribution in [0.15, 0.2) is 18.2 Å². The SMILES string of the molecule is Cc1ccc([N+](=O)[O-])cc1NC(=O)CSC(C)(C)C. The van der Waals surface area contributed by atoms with E-state index in [0.717, 1.165) is 5.56 Å². The lowest BCUT2D eigenvalue weighted by molar-refractivity contribution is -0.384. The van der Waals surface area contributed by atoms with Crippen LogP contribution >= 0.6 is 11.8 Å². The third kappa shape index (κ3) is 5.30. The first-order valence-corrected chi connectivity index (χ1v) is 6.86. The van der Waals surface area contributed by atoms with Crippen molar-refractivity contribution in [3.63, 3.8) is 0 Å². The first-order valence-electron chi connectivity index (χ1n) is 5.88. The second-order valence-corrected chi connectivity index (χ2v) is 7.01. The van der Waals surface area contributed by atoms with Crippen molar-refractivity contribution < 1.29 is 9.72 Å². The molecule has 1 amide bonds. The van der Waals surface area contributed by atoms with Gasteiger partial charge in [-0.25, -0.2) is 0 Å². The number of nitrogens with zero attached hydrogens (tertiary/aromatic N) is 1. The van der Waals surface area contributed by atoms with E-state index in [1.54, 1.807) is 13.0 Å². The molecule has 0 aliphatic rings. The number of non-ortho nitro benzene ring substituents is 1. The first kappa shape index (κ1) is 15.5. The Morgan fingerprint density at radius 2 is 2.05 bits per heavy atom. The predicted molar refractivity (Wildman–Crippen MR) is 78.7 cm³/mol. The minimum atomic E-state index is -0.473. The number of carbonyl (C=O) groups is 1. The zero-order valence-electron chi connectivity index (χ0n) is 11.5. The number of hydrogen-bond acceptors (Lipinski definition) is 4. The van der Waals surface area contributed by atoms with Crippen molar-refractivity contribution in [1.82, 2.24) is 0 Å². The molecule has 0 atom stereocenters. The molecule has 1 aromatic rings. The van der Waals surface area contributed by atoms with Crippen LogP contribution in [0.1, 0.15) is 26.3 Å². The smallest absolute Gasteiger partial charge is 0.271 e. The van der Waals surface area contributed by atoms with Crippen LogP contribution in [0.25, 0.3) is 0 Å². The standard InChI is InChI=1S/C13H18N2O3S/c1-9-5-6-10(15(17)18)7-11(9)14-12(16)8-19-13(2,3)4/h5-7H,8H2,1-4H3,(H,14,16). The van der Waals surface area contributed by atoms with Crippen molar-refractivity contribution in [2.24, 2.45) is 0 Å². The summed E-state index contributed by atoms with van der Waals surface area (Å²) in [6.45, 7) is 7.90. The Hall–Kier alpha value is -1.56. The first-order chi connectivity index (χ1) is 8.69. The summed E-state index contributed by atoms with van der Waals surface area (Å²) in [5.74, 6) is 0.176. The summed E-state index contributed by atoms with van der Waals surface area (Å²) in [7, 11) is 0. The van der Waals surface area contributed by atoms with E-state index < -0.39 is 4.92 Å². The molecule has 0 fully saturated rings. The molecule has 0 saturated carbocycles. The maximum atomic E-state index is 11.8. The summed E-state index contributed by atoms with van der Waals surface area (Å²) in [6, 6.07) is 4.44. The molecular formula is C13H18N2O3S. The Labute approximate surface area is 116 Å². The molecule has 1 N–H and O–H groups in total. The minimum absolute atomic E-state index is 0.00900. The molecule has 19 heavy (non-hydrogen) atoms. The van der Waals surface area contributed by atoms with Crippen LogP contribution in [-0.2, 0) is 4.79 Å². The average molecular weight is 282 g/mol. The van der Waals surface area contributed by atoms with Crippen molar-refractivity contribution >= 4 is 29.0 Å². The molecule has 0 aromatic heterocycles. The fourth-order valence-corrected chi connectivity index (χ4v) is 1.96. The molecule has 1 rings (SSSR count). The molecule has 0 bridgehead atoms. The van der Waals surface area contributed by atoms with Gasteiger partial charge in [0.25, 0.3) is 5.69 Å². The summed E-state index contributed by atoms with van der Waals surface area (Å²) in [4.78, 5) is 22.0. The van der Waals surface area contributed by atoms with Gasteiger partial charge in [0.2, 0.25) is 5.91 Å². The van der Waals surface area contributed by atoms with Crippen LogP contribution in [0, 0.1) is 17.0 Å². The summed E-state index contributed by atoms with van der Waals surface area (Å²) < 4.78 is 0.00900. The molecule has 0 saturated heterocycles. The van der Waals surface area contributed by atoms with E-state index in [4.69, 9.17) is 0 Å². The van der Waals surface area contributed by atoms with Crippen molar-refractivity contribution in [1.29, 1.82) is 0 Å². The van der Waals surface area contributed by atoms with Gasteiger partial charge in [-0.3, -0.25) is 14.9 Å². The van der Waals surface area contributed by atoms with E-state index in [1.165, 1.54) is 23.9 Å². The second kappa shape index (κ2) is 6.06. The van der Waals surface area contributed by atoms with Crippen molar-refractivity contribution in [3.05, 3.63) is 33.9 Å². The number of nitro groups is 1. The van der Waals surface area contributed by atoms with Crippen molar-refractivity contribution in [3.8, 4) is 0 Å². The van der Waals surface area contributed by atoms with E-state index in [0.29, 0.717) is 11.4 Å². The van der Waals surface area contributed by atoms with Gasteiger partial charge in [0.1, 0.15) is 0 Å². The van der Waals surface area contributed by atoms with Crippen LogP contribution in [0.5, 0.6) is 0 Å². The largest absolute Gasteiger partial charge is 0.325 e. The lowest BCUT2D eigenvalue weighted by Crippen LogP contribution is -2.19. The molecule has 1 aromatic carbocycles. The quantitative estimate of drug-likeness (QED) is 0.678. The number of benzene rings is 1. The Morgan fingerprint density at radius 1 is 1.42 bits per heavy atom. The fourth-order valence-electron chi connectivity index (χ4n) is 1.33. The van der Waals surface area contributed by atoms with Crippen LogP contribution in [0.2, 0.25) is 0 Å². The normalized spacial score (nSPS) is 11.2. The zero-order valence-corrected chi connectivity index (χ0v) is 12.3. The van der Waals surface area contributed by atoms with Crippen LogP contribution in [0.3, 0.4) is 0 Å². The molecule has 0 heterocycles. The zero-order chi connectivity index (χ0) is 14.6. The van der Waals surface area contributed by atoms with E-state index in [1.807, 2.05) is 20.8 Å². The van der Waals surface area contributed by atoms with Crippen LogP contribution < -0.4 is 5.32 Å². The Bertz CT molecular complexity index is 495. The summed E-state index contributed by atoms with van der Waals surface area (Å²) in [5, 5.41) is 13.4. The Morgan fingerprint density at radius 3 is 2.58 bits per heavy atom. The molecular weight excluding hydrogens is 264 g/mol. The Balaban J connectivity index is 2.73. The lowest BCUT2D eigenvalue weighted by atomic mass is 10.2. The molecule has 104 valence electrons. The van der Waals surface area contributed by atoms with Gasteiger partial charge >= 0.3 is 0 Å².